The molecule has 1 amide bonds. The minimum absolute atomic E-state index is 0.0643. The molecule has 0 unspecified atom stereocenters. The predicted molar refractivity (Wildman–Crippen MR) is 87.5 cm³/mol. The van der Waals surface area contributed by atoms with Gasteiger partial charge in [-0.3, -0.25) is 9.59 Å². The van der Waals surface area contributed by atoms with Crippen molar-refractivity contribution in [1.82, 2.24) is 4.90 Å². The first-order valence-electron chi connectivity index (χ1n) is 7.53. The van der Waals surface area contributed by atoms with Crippen LogP contribution in [0.25, 0.3) is 0 Å². The first-order valence-corrected chi connectivity index (χ1v) is 8.51. The van der Waals surface area contributed by atoms with Gasteiger partial charge in [0.2, 0.25) is 5.91 Å². The highest BCUT2D eigenvalue weighted by molar-refractivity contribution is 8.00. The van der Waals surface area contributed by atoms with Gasteiger partial charge in [0.05, 0.1) is 18.3 Å². The minimum Gasteiger partial charge on any atom is -0.466 e. The fourth-order valence-electron chi connectivity index (χ4n) is 2.47. The smallest absolute Gasteiger partial charge is 0.309 e. The van der Waals surface area contributed by atoms with Gasteiger partial charge in [0.15, 0.2) is 0 Å². The van der Waals surface area contributed by atoms with Gasteiger partial charge in [0.25, 0.3) is 0 Å². The Kier molecular flexibility index (Phi) is 6.12. The van der Waals surface area contributed by atoms with E-state index in [0.29, 0.717) is 44.0 Å². The zero-order chi connectivity index (χ0) is 15.9. The molecule has 0 spiro atoms. The largest absolute Gasteiger partial charge is 0.466 e. The summed E-state index contributed by atoms with van der Waals surface area (Å²) in [4.78, 5) is 26.7. The quantitative estimate of drug-likeness (QED) is 0.511. The number of benzene rings is 1. The van der Waals surface area contributed by atoms with Gasteiger partial charge in [0, 0.05) is 23.7 Å². The standard InChI is InChI=1S/C16H22N2O3S/c1-2-21-16(20)12-6-8-18(9-7-12)15(19)11-22-14-5-3-4-13(17)10-14/h3-5,10,12H,2,6-9,11,17H2,1H3. The van der Waals surface area contributed by atoms with E-state index in [9.17, 15) is 9.59 Å². The van der Waals surface area contributed by atoms with E-state index in [1.807, 2.05) is 36.1 Å². The van der Waals surface area contributed by atoms with Gasteiger partial charge in [-0.05, 0) is 38.0 Å². The van der Waals surface area contributed by atoms with Crippen molar-refractivity contribution in [2.24, 2.45) is 5.92 Å². The van der Waals surface area contributed by atoms with Gasteiger partial charge in [-0.1, -0.05) is 6.07 Å². The monoisotopic (exact) mass is 322 g/mol. The van der Waals surface area contributed by atoms with Crippen LogP contribution in [-0.2, 0) is 14.3 Å². The molecule has 1 aliphatic heterocycles. The lowest BCUT2D eigenvalue weighted by Gasteiger charge is -2.30. The van der Waals surface area contributed by atoms with Crippen molar-refractivity contribution < 1.29 is 14.3 Å². The van der Waals surface area contributed by atoms with E-state index in [4.69, 9.17) is 10.5 Å². The lowest BCUT2D eigenvalue weighted by atomic mass is 9.97. The maximum absolute atomic E-state index is 12.2. The predicted octanol–water partition coefficient (Wildman–Crippen LogP) is 2.16. The first kappa shape index (κ1) is 16.7. The number of nitrogens with zero attached hydrogens (tertiary/aromatic N) is 1. The van der Waals surface area contributed by atoms with Crippen molar-refractivity contribution in [2.75, 3.05) is 31.2 Å². The summed E-state index contributed by atoms with van der Waals surface area (Å²) < 4.78 is 5.04. The molecule has 0 radical (unpaired) electrons. The number of thioether (sulfide) groups is 1. The second kappa shape index (κ2) is 8.08. The van der Waals surface area contributed by atoms with Gasteiger partial charge in [-0.2, -0.15) is 0 Å². The number of hydrogen-bond donors (Lipinski definition) is 1. The molecule has 0 bridgehead atoms. The molecule has 0 saturated carbocycles. The third-order valence-corrected chi connectivity index (χ3v) is 4.67. The Labute approximate surface area is 135 Å². The van der Waals surface area contributed by atoms with Crippen molar-refractivity contribution >= 4 is 29.3 Å². The van der Waals surface area contributed by atoms with E-state index < -0.39 is 0 Å². The van der Waals surface area contributed by atoms with Crippen LogP contribution in [-0.4, -0.2) is 42.2 Å². The Morgan fingerprint density at radius 1 is 1.36 bits per heavy atom. The summed E-state index contributed by atoms with van der Waals surface area (Å²) in [6, 6.07) is 7.52. The van der Waals surface area contributed by atoms with Gasteiger partial charge in [-0.15, -0.1) is 11.8 Å². The number of hydrogen-bond acceptors (Lipinski definition) is 5. The molecule has 1 fully saturated rings. The third kappa shape index (κ3) is 4.66. The number of likely N-dealkylation sites (tertiary alicyclic amines) is 1. The Hall–Kier alpha value is -1.69. The number of carbonyl (C=O) groups is 2. The lowest BCUT2D eigenvalue weighted by Crippen LogP contribution is -2.41. The van der Waals surface area contributed by atoms with Crippen LogP contribution in [0.2, 0.25) is 0 Å². The topological polar surface area (TPSA) is 72.6 Å². The molecule has 0 aliphatic carbocycles. The summed E-state index contributed by atoms with van der Waals surface area (Å²) in [7, 11) is 0. The number of rotatable bonds is 5. The first-order chi connectivity index (χ1) is 10.6. The van der Waals surface area contributed by atoms with E-state index in [0.717, 1.165) is 4.90 Å². The van der Waals surface area contributed by atoms with Crippen LogP contribution in [0.15, 0.2) is 29.2 Å². The molecule has 1 saturated heterocycles. The summed E-state index contributed by atoms with van der Waals surface area (Å²) in [5.41, 5.74) is 6.43. The summed E-state index contributed by atoms with van der Waals surface area (Å²) in [5, 5.41) is 0. The highest BCUT2D eigenvalue weighted by atomic mass is 32.2. The Balaban J connectivity index is 1.76. The van der Waals surface area contributed by atoms with E-state index in [1.165, 1.54) is 11.8 Å². The number of amides is 1. The number of nitrogen functional groups attached to an aromatic ring is 1. The zero-order valence-corrected chi connectivity index (χ0v) is 13.6. The van der Waals surface area contributed by atoms with Crippen LogP contribution in [0.4, 0.5) is 5.69 Å². The number of ether oxygens (including phenoxy) is 1. The molecule has 2 N–H and O–H groups in total. The molecular weight excluding hydrogens is 300 g/mol. The van der Waals surface area contributed by atoms with Crippen LogP contribution in [0.5, 0.6) is 0 Å². The Morgan fingerprint density at radius 3 is 2.73 bits per heavy atom. The van der Waals surface area contributed by atoms with Crippen molar-refractivity contribution in [1.29, 1.82) is 0 Å². The molecular formula is C16H22N2O3S. The zero-order valence-electron chi connectivity index (χ0n) is 12.8. The molecule has 2 rings (SSSR count). The van der Waals surface area contributed by atoms with E-state index >= 15 is 0 Å². The van der Waals surface area contributed by atoms with Gasteiger partial charge in [-0.25, -0.2) is 0 Å². The number of piperidine rings is 1. The van der Waals surface area contributed by atoms with Crippen LogP contribution in [0.1, 0.15) is 19.8 Å². The fraction of sp³-hybridized carbons (Fsp3) is 0.500. The van der Waals surface area contributed by atoms with Crippen molar-refractivity contribution in [3.8, 4) is 0 Å². The van der Waals surface area contributed by atoms with Crippen LogP contribution < -0.4 is 5.73 Å². The molecule has 1 aromatic carbocycles. The van der Waals surface area contributed by atoms with Crippen molar-refractivity contribution in [3.05, 3.63) is 24.3 Å². The van der Waals surface area contributed by atoms with Gasteiger partial charge in [0.1, 0.15) is 0 Å². The second-order valence-electron chi connectivity index (χ2n) is 5.27. The molecule has 0 atom stereocenters. The number of nitrogens with two attached hydrogens (primary N) is 1. The number of esters is 1. The van der Waals surface area contributed by atoms with Gasteiger partial charge >= 0.3 is 5.97 Å². The second-order valence-corrected chi connectivity index (χ2v) is 6.32. The number of carbonyl (C=O) groups excluding carboxylic acids is 2. The molecule has 1 aromatic rings. The third-order valence-electron chi connectivity index (χ3n) is 3.69. The SMILES string of the molecule is CCOC(=O)C1CCN(C(=O)CSc2cccc(N)c2)CC1. The normalized spacial score (nSPS) is 15.6. The summed E-state index contributed by atoms with van der Waals surface area (Å²) in [6.07, 6.45) is 1.38. The van der Waals surface area contributed by atoms with Gasteiger partial charge < -0.3 is 15.4 Å². The summed E-state index contributed by atoms with van der Waals surface area (Å²) >= 11 is 1.49. The lowest BCUT2D eigenvalue weighted by molar-refractivity contribution is -0.151. The molecule has 5 nitrogen and oxygen atoms in total. The Bertz CT molecular complexity index is 528. The van der Waals surface area contributed by atoms with Crippen molar-refractivity contribution in [3.63, 3.8) is 0 Å². The minimum atomic E-state index is -0.135. The average molecular weight is 322 g/mol. The van der Waals surface area contributed by atoms with Crippen LogP contribution >= 0.6 is 11.8 Å². The molecule has 120 valence electrons. The maximum atomic E-state index is 12.2. The molecule has 1 heterocycles. The Morgan fingerprint density at radius 2 is 2.09 bits per heavy atom. The van der Waals surface area contributed by atoms with E-state index in [2.05, 4.69) is 0 Å². The highest BCUT2D eigenvalue weighted by Crippen LogP contribution is 2.23. The highest BCUT2D eigenvalue weighted by Gasteiger charge is 2.27. The summed E-state index contributed by atoms with van der Waals surface area (Å²) in [6.45, 7) is 3.47. The van der Waals surface area contributed by atoms with E-state index in [-0.39, 0.29) is 17.8 Å². The molecule has 0 aromatic heterocycles. The van der Waals surface area contributed by atoms with Crippen LogP contribution in [0, 0.1) is 5.92 Å². The maximum Gasteiger partial charge on any atom is 0.309 e. The van der Waals surface area contributed by atoms with E-state index in [1.54, 1.807) is 0 Å². The van der Waals surface area contributed by atoms with Crippen molar-refractivity contribution in [2.45, 2.75) is 24.7 Å². The average Bonchev–Trinajstić information content (AvgIpc) is 2.53. The summed E-state index contributed by atoms with van der Waals surface area (Å²) in [5.74, 6) is 0.303. The van der Waals surface area contributed by atoms with Crippen LogP contribution in [0.3, 0.4) is 0 Å². The fourth-order valence-corrected chi connectivity index (χ4v) is 3.33. The molecule has 22 heavy (non-hydrogen) atoms. The number of anilines is 1. The molecule has 1 aliphatic rings. The molecule has 6 heteroatoms.